The molecule has 4 atom stereocenters. The van der Waals surface area contributed by atoms with E-state index in [1.807, 2.05) is 36.4 Å². The van der Waals surface area contributed by atoms with Crippen LogP contribution in [0, 0.1) is 11.3 Å². The number of amides is 3. The number of fused-ring (bicyclic) bond motifs is 1. The van der Waals surface area contributed by atoms with Crippen LogP contribution in [0.1, 0.15) is 79.5 Å². The van der Waals surface area contributed by atoms with Crippen molar-refractivity contribution in [2.45, 2.75) is 97.6 Å². The van der Waals surface area contributed by atoms with Gasteiger partial charge in [0.05, 0.1) is 12.1 Å². The topological polar surface area (TPSA) is 153 Å². The average molecular weight is 686 g/mol. The van der Waals surface area contributed by atoms with Gasteiger partial charge in [0.25, 0.3) is 11.8 Å². The lowest BCUT2D eigenvalue weighted by atomic mass is 9.90. The maximum absolute atomic E-state index is 14.1. The Bertz CT molecular complexity index is 1520. The maximum Gasteiger partial charge on any atom is 0.318 e. The van der Waals surface area contributed by atoms with Crippen molar-refractivity contribution in [3.63, 3.8) is 0 Å². The van der Waals surface area contributed by atoms with Crippen LogP contribution in [0.2, 0.25) is 0 Å². The van der Waals surface area contributed by atoms with Crippen LogP contribution in [0.25, 0.3) is 17.0 Å². The highest BCUT2D eigenvalue weighted by Gasteiger charge is 2.40. The summed E-state index contributed by atoms with van der Waals surface area (Å²) in [6, 6.07) is 8.40. The Morgan fingerprint density at radius 1 is 1.12 bits per heavy atom. The molecule has 1 saturated heterocycles. The van der Waals surface area contributed by atoms with Crippen LogP contribution in [0.15, 0.2) is 36.4 Å². The number of nitrogens with zero attached hydrogens (tertiary/aromatic N) is 2. The number of esters is 1. The number of hydrazine groups is 1. The van der Waals surface area contributed by atoms with Crippen molar-refractivity contribution >= 4 is 51.0 Å². The standard InChI is InChI=1S/C36H55N5O6S/c1-11-27-17-16-26-15-14-25(21-29(26)39-27)18-19-36(8,22-46-48(9,10)35(5,6)7)34(45)47-30(23(2)3)32(43)38-24(4)33(44)41-20-12-13-28(40-41)31(37)42/h14-19,21,23-24,28,30,40H,11-13,20,22H2,1-10H3,(H2,37,42)(H,38,43)/b19-18+/t24?,28?,30?,36-/m1/s1. The zero-order valence-corrected chi connectivity index (χ0v) is 31.0. The molecule has 0 aliphatic carbocycles. The molecule has 0 radical (unpaired) electrons. The van der Waals surface area contributed by atoms with Gasteiger partial charge < -0.3 is 20.0 Å². The third-order valence-electron chi connectivity index (χ3n) is 9.00. The van der Waals surface area contributed by atoms with Gasteiger partial charge in [0.1, 0.15) is 17.5 Å². The summed E-state index contributed by atoms with van der Waals surface area (Å²) in [7, 11) is -1.60. The molecule has 4 N–H and O–H groups in total. The molecule has 0 bridgehead atoms. The number of aryl methyl sites for hydroxylation is 1. The number of carbonyl (C=O) groups excluding carboxylic acids is 4. The van der Waals surface area contributed by atoms with Crippen molar-refractivity contribution in [3.8, 4) is 0 Å². The van der Waals surface area contributed by atoms with E-state index in [2.05, 4.69) is 50.9 Å². The summed E-state index contributed by atoms with van der Waals surface area (Å²) in [5, 5.41) is 5.03. The lowest BCUT2D eigenvalue weighted by Crippen LogP contribution is -2.60. The second-order valence-electron chi connectivity index (χ2n) is 14.5. The molecule has 1 aromatic heterocycles. The zero-order chi connectivity index (χ0) is 36.0. The predicted molar refractivity (Wildman–Crippen MR) is 193 cm³/mol. The van der Waals surface area contributed by atoms with Crippen LogP contribution in [0.4, 0.5) is 0 Å². The first kappa shape index (κ1) is 39.0. The van der Waals surface area contributed by atoms with E-state index in [1.165, 1.54) is 5.01 Å². The summed E-state index contributed by atoms with van der Waals surface area (Å²) in [6.07, 6.45) is 8.53. The van der Waals surface area contributed by atoms with Crippen LogP contribution in [0.3, 0.4) is 0 Å². The van der Waals surface area contributed by atoms with E-state index >= 15 is 0 Å². The summed E-state index contributed by atoms with van der Waals surface area (Å²) >= 11 is 0. The molecule has 1 aromatic carbocycles. The number of benzene rings is 1. The summed E-state index contributed by atoms with van der Waals surface area (Å²) < 4.78 is 12.3. The van der Waals surface area contributed by atoms with E-state index in [-0.39, 0.29) is 11.4 Å². The van der Waals surface area contributed by atoms with E-state index < -0.39 is 63.5 Å². The van der Waals surface area contributed by atoms with E-state index in [0.717, 1.165) is 28.6 Å². The van der Waals surface area contributed by atoms with Gasteiger partial charge in [-0.3, -0.25) is 29.2 Å². The molecular formula is C36H55N5O6S. The van der Waals surface area contributed by atoms with E-state index in [1.54, 1.807) is 33.8 Å². The van der Waals surface area contributed by atoms with Gasteiger partial charge in [-0.05, 0) is 69.2 Å². The van der Waals surface area contributed by atoms with Crippen molar-refractivity contribution < 1.29 is 28.1 Å². The van der Waals surface area contributed by atoms with Gasteiger partial charge in [0.2, 0.25) is 5.91 Å². The number of hydrogen-bond donors (Lipinski definition) is 3. The molecule has 11 nitrogen and oxygen atoms in total. The van der Waals surface area contributed by atoms with Crippen molar-refractivity contribution in [1.29, 1.82) is 0 Å². The number of primary amides is 1. The predicted octanol–water partition coefficient (Wildman–Crippen LogP) is 4.66. The second-order valence-corrected chi connectivity index (χ2v) is 18.4. The Kier molecular flexibility index (Phi) is 12.8. The van der Waals surface area contributed by atoms with Crippen molar-refractivity contribution in [3.05, 3.63) is 47.7 Å². The number of nitrogens with one attached hydrogen (secondary N) is 2. The lowest BCUT2D eigenvalue weighted by Gasteiger charge is -2.45. The largest absolute Gasteiger partial charge is 0.451 e. The average Bonchev–Trinajstić information content (AvgIpc) is 3.03. The molecule has 1 aliphatic rings. The van der Waals surface area contributed by atoms with Crippen molar-refractivity contribution in [1.82, 2.24) is 20.7 Å². The van der Waals surface area contributed by atoms with Crippen LogP contribution < -0.4 is 16.5 Å². The van der Waals surface area contributed by atoms with Gasteiger partial charge in [-0.1, -0.05) is 71.9 Å². The van der Waals surface area contributed by atoms with Crippen LogP contribution in [-0.4, -0.2) is 82.3 Å². The Morgan fingerprint density at radius 2 is 1.79 bits per heavy atom. The lowest BCUT2D eigenvalue weighted by molar-refractivity contribution is -0.167. The fourth-order valence-electron chi connectivity index (χ4n) is 4.86. The molecule has 12 heteroatoms. The van der Waals surface area contributed by atoms with E-state index in [0.29, 0.717) is 19.4 Å². The highest BCUT2D eigenvalue weighted by Crippen LogP contribution is 2.54. The number of carbonyl (C=O) groups is 4. The number of nitrogens with two attached hydrogens (primary N) is 1. The third-order valence-corrected chi connectivity index (χ3v) is 12.7. The molecular weight excluding hydrogens is 630 g/mol. The Labute approximate surface area is 287 Å². The molecule has 0 spiro atoms. The van der Waals surface area contributed by atoms with Gasteiger partial charge in [0.15, 0.2) is 6.10 Å². The molecule has 266 valence electrons. The van der Waals surface area contributed by atoms with Gasteiger partial charge in [-0.25, -0.2) is 5.43 Å². The Balaban J connectivity index is 1.84. The highest BCUT2D eigenvalue weighted by molar-refractivity contribution is 8.29. The SMILES string of the molecule is CCc1ccc2ccc(/C=C/[C@](C)(COS(C)(C)C(C)(C)C)C(=O)OC(C(=O)NC(C)C(=O)N3CCCC(C(N)=O)N3)C(C)C)cc2n1. The first-order chi connectivity index (χ1) is 22.3. The maximum atomic E-state index is 14.1. The number of pyridine rings is 1. The normalized spacial score (nSPS) is 18.7. The van der Waals surface area contributed by atoms with Crippen LogP contribution in [-0.2, 0) is 34.5 Å². The molecule has 3 rings (SSSR count). The first-order valence-electron chi connectivity index (χ1n) is 16.6. The number of hydrogen-bond acceptors (Lipinski definition) is 8. The first-order valence-corrected chi connectivity index (χ1v) is 19.0. The molecule has 2 heterocycles. The zero-order valence-electron chi connectivity index (χ0n) is 30.2. The molecule has 3 unspecified atom stereocenters. The van der Waals surface area contributed by atoms with Crippen LogP contribution in [0.5, 0.6) is 0 Å². The Morgan fingerprint density at radius 3 is 2.40 bits per heavy atom. The molecule has 0 saturated carbocycles. The number of aromatic nitrogens is 1. The van der Waals surface area contributed by atoms with Gasteiger partial charge in [0, 0.05) is 22.4 Å². The fourth-order valence-corrected chi connectivity index (χ4v) is 5.76. The van der Waals surface area contributed by atoms with Gasteiger partial charge in [-0.2, -0.15) is 0 Å². The van der Waals surface area contributed by atoms with Crippen LogP contribution >= 0.6 is 10.3 Å². The summed E-state index contributed by atoms with van der Waals surface area (Å²) in [6.45, 7) is 15.6. The van der Waals surface area contributed by atoms with Crippen molar-refractivity contribution in [2.75, 3.05) is 25.7 Å². The van der Waals surface area contributed by atoms with Crippen molar-refractivity contribution in [2.24, 2.45) is 17.1 Å². The molecule has 1 aliphatic heterocycles. The molecule has 3 amide bonds. The second kappa shape index (κ2) is 15.8. The van der Waals surface area contributed by atoms with E-state index in [4.69, 9.17) is 19.6 Å². The van der Waals surface area contributed by atoms with Gasteiger partial charge in [-0.15, -0.1) is 10.3 Å². The smallest absolute Gasteiger partial charge is 0.318 e. The summed E-state index contributed by atoms with van der Waals surface area (Å²) in [4.78, 5) is 57.1. The minimum absolute atomic E-state index is 0.0384. The monoisotopic (exact) mass is 685 g/mol. The third kappa shape index (κ3) is 9.79. The van der Waals surface area contributed by atoms with Gasteiger partial charge >= 0.3 is 5.97 Å². The quantitative estimate of drug-likeness (QED) is 0.258. The van der Waals surface area contributed by atoms with E-state index in [9.17, 15) is 19.2 Å². The Hall–Kier alpha value is -3.48. The minimum Gasteiger partial charge on any atom is -0.451 e. The number of rotatable bonds is 13. The minimum atomic E-state index is -1.60. The summed E-state index contributed by atoms with van der Waals surface area (Å²) in [5.74, 6) is -2.58. The molecule has 2 aromatic rings. The fraction of sp³-hybridized carbons (Fsp3) is 0.583. The number of ether oxygens (including phenoxy) is 1. The molecule has 48 heavy (non-hydrogen) atoms. The molecule has 1 fully saturated rings. The summed E-state index contributed by atoms with van der Waals surface area (Å²) in [5.41, 5.74) is 9.73. The highest BCUT2D eigenvalue weighted by atomic mass is 32.3.